The zero-order valence-electron chi connectivity index (χ0n) is 29.6. The summed E-state index contributed by atoms with van der Waals surface area (Å²) in [7, 11) is 0. The minimum atomic E-state index is 0.609. The molecule has 0 unspecified atom stereocenters. The highest BCUT2D eigenvalue weighted by Gasteiger charge is 2.24. The summed E-state index contributed by atoms with van der Waals surface area (Å²) < 4.78 is 6.84. The van der Waals surface area contributed by atoms with Crippen molar-refractivity contribution in [3.05, 3.63) is 169 Å². The van der Waals surface area contributed by atoms with Gasteiger partial charge in [-0.05, 0) is 119 Å². The molecule has 1 fully saturated rings. The molecule has 1 heterocycles. The Bertz CT molecular complexity index is 2920. The Balaban J connectivity index is 1.16. The van der Waals surface area contributed by atoms with Gasteiger partial charge in [0, 0.05) is 10.8 Å². The van der Waals surface area contributed by atoms with Gasteiger partial charge < -0.3 is 4.42 Å². The van der Waals surface area contributed by atoms with E-state index in [1.165, 1.54) is 114 Å². The maximum Gasteiger partial charge on any atom is 0.136 e. The molecule has 0 aliphatic heterocycles. The normalized spacial score (nSPS) is 14.0. The van der Waals surface area contributed by atoms with Gasteiger partial charge in [0.05, 0.1) is 0 Å². The van der Waals surface area contributed by atoms with Crippen LogP contribution in [0.25, 0.3) is 98.4 Å². The summed E-state index contributed by atoms with van der Waals surface area (Å²) in [5, 5.41) is 12.8. The standard InChI is InChI=1S/C52H38O/c1-3-16-33(17-4-1)48-36-20-7-9-22-38(36)50(39-23-10-8-21-37(39)48)35-30-31-44-47(32-35)53-46-29-15-28-45(52(44)46)51-42-26-13-11-24-40(42)49(34-18-5-2-6-19-34)41-25-12-14-27-43(41)51/h2,5-15,18-33H,1,3-4,16-17H2. The number of benzene rings is 9. The van der Waals surface area contributed by atoms with Crippen LogP contribution in [0.3, 0.4) is 0 Å². The molecule has 0 radical (unpaired) electrons. The Morgan fingerprint density at radius 1 is 0.358 bits per heavy atom. The third-order valence-electron chi connectivity index (χ3n) is 12.0. The van der Waals surface area contributed by atoms with Crippen molar-refractivity contribution < 1.29 is 4.42 Å². The van der Waals surface area contributed by atoms with Crippen molar-refractivity contribution in [1.82, 2.24) is 0 Å². The monoisotopic (exact) mass is 678 g/mol. The van der Waals surface area contributed by atoms with Gasteiger partial charge in [-0.15, -0.1) is 0 Å². The van der Waals surface area contributed by atoms with Crippen LogP contribution in [-0.4, -0.2) is 0 Å². The van der Waals surface area contributed by atoms with Crippen LogP contribution in [-0.2, 0) is 0 Å². The first-order valence-corrected chi connectivity index (χ1v) is 19.2. The predicted molar refractivity (Wildman–Crippen MR) is 226 cm³/mol. The van der Waals surface area contributed by atoms with Gasteiger partial charge in [-0.1, -0.05) is 165 Å². The van der Waals surface area contributed by atoms with Crippen LogP contribution < -0.4 is 0 Å². The van der Waals surface area contributed by atoms with Crippen molar-refractivity contribution >= 4 is 65.0 Å². The molecule has 1 nitrogen and oxygen atoms in total. The smallest absolute Gasteiger partial charge is 0.136 e. The quantitative estimate of drug-likeness (QED) is 0.169. The highest BCUT2D eigenvalue weighted by atomic mass is 16.3. The summed E-state index contributed by atoms with van der Waals surface area (Å²) in [5.74, 6) is 0.609. The van der Waals surface area contributed by atoms with Crippen LogP contribution in [0.1, 0.15) is 43.6 Å². The lowest BCUT2D eigenvalue weighted by atomic mass is 9.78. The summed E-state index contributed by atoms with van der Waals surface area (Å²) in [6.45, 7) is 0. The van der Waals surface area contributed by atoms with Gasteiger partial charge in [-0.3, -0.25) is 0 Å². The topological polar surface area (TPSA) is 13.1 Å². The Morgan fingerprint density at radius 3 is 1.47 bits per heavy atom. The predicted octanol–water partition coefficient (Wildman–Crippen LogP) is 15.2. The molecular formula is C52H38O. The minimum Gasteiger partial charge on any atom is -0.456 e. The average molecular weight is 679 g/mol. The molecule has 252 valence electrons. The van der Waals surface area contributed by atoms with Gasteiger partial charge in [-0.25, -0.2) is 0 Å². The molecule has 9 aromatic carbocycles. The van der Waals surface area contributed by atoms with Gasteiger partial charge in [0.2, 0.25) is 0 Å². The lowest BCUT2D eigenvalue weighted by Crippen LogP contribution is -2.06. The van der Waals surface area contributed by atoms with Crippen molar-refractivity contribution in [3.63, 3.8) is 0 Å². The summed E-state index contributed by atoms with van der Waals surface area (Å²) in [5.41, 5.74) is 10.8. The van der Waals surface area contributed by atoms with E-state index in [1.807, 2.05) is 0 Å². The highest BCUT2D eigenvalue weighted by Crippen LogP contribution is 2.49. The third-order valence-corrected chi connectivity index (χ3v) is 12.0. The molecule has 1 heteroatoms. The Kier molecular flexibility index (Phi) is 7.01. The summed E-state index contributed by atoms with van der Waals surface area (Å²) in [6.07, 6.45) is 6.56. The Morgan fingerprint density at radius 2 is 0.868 bits per heavy atom. The first-order chi connectivity index (χ1) is 26.3. The maximum atomic E-state index is 6.84. The summed E-state index contributed by atoms with van der Waals surface area (Å²) in [4.78, 5) is 0. The van der Waals surface area contributed by atoms with Crippen molar-refractivity contribution in [2.45, 2.75) is 38.0 Å². The summed E-state index contributed by atoms with van der Waals surface area (Å²) in [6, 6.07) is 60.4. The lowest BCUT2D eigenvalue weighted by Gasteiger charge is -2.26. The second kappa shape index (κ2) is 12.2. The largest absolute Gasteiger partial charge is 0.456 e. The number of hydrogen-bond acceptors (Lipinski definition) is 1. The van der Waals surface area contributed by atoms with E-state index in [9.17, 15) is 0 Å². The molecule has 1 saturated carbocycles. The molecule has 0 atom stereocenters. The Labute approximate surface area is 309 Å². The molecule has 53 heavy (non-hydrogen) atoms. The van der Waals surface area contributed by atoms with Gasteiger partial charge in [0.1, 0.15) is 11.2 Å². The molecule has 10 aromatic rings. The van der Waals surface area contributed by atoms with E-state index < -0.39 is 0 Å². The summed E-state index contributed by atoms with van der Waals surface area (Å²) >= 11 is 0. The fourth-order valence-corrected chi connectivity index (χ4v) is 9.83. The van der Waals surface area contributed by atoms with Crippen LogP contribution in [0.4, 0.5) is 0 Å². The van der Waals surface area contributed by atoms with Crippen LogP contribution in [0.15, 0.2) is 168 Å². The number of furan rings is 1. The van der Waals surface area contributed by atoms with E-state index in [0.29, 0.717) is 5.92 Å². The molecule has 1 aliphatic carbocycles. The zero-order valence-corrected chi connectivity index (χ0v) is 29.6. The molecule has 0 amide bonds. The molecular weight excluding hydrogens is 641 g/mol. The van der Waals surface area contributed by atoms with Gasteiger partial charge in [-0.2, -0.15) is 0 Å². The second-order valence-electron chi connectivity index (χ2n) is 14.9. The molecule has 0 bridgehead atoms. The molecule has 1 aliphatic rings. The maximum absolute atomic E-state index is 6.84. The van der Waals surface area contributed by atoms with E-state index in [4.69, 9.17) is 4.42 Å². The van der Waals surface area contributed by atoms with Gasteiger partial charge in [0.25, 0.3) is 0 Å². The second-order valence-corrected chi connectivity index (χ2v) is 14.9. The van der Waals surface area contributed by atoms with Crippen LogP contribution in [0.2, 0.25) is 0 Å². The number of fused-ring (bicyclic) bond motifs is 7. The number of hydrogen-bond donors (Lipinski definition) is 0. The average Bonchev–Trinajstić information content (AvgIpc) is 3.61. The van der Waals surface area contributed by atoms with Crippen molar-refractivity contribution in [3.8, 4) is 33.4 Å². The third kappa shape index (κ3) is 4.70. The first kappa shape index (κ1) is 30.4. The molecule has 0 N–H and O–H groups in total. The van der Waals surface area contributed by atoms with E-state index in [-0.39, 0.29) is 0 Å². The lowest BCUT2D eigenvalue weighted by molar-refractivity contribution is 0.447. The van der Waals surface area contributed by atoms with Crippen molar-refractivity contribution in [2.24, 2.45) is 0 Å². The highest BCUT2D eigenvalue weighted by molar-refractivity contribution is 6.26. The van der Waals surface area contributed by atoms with Crippen LogP contribution in [0, 0.1) is 0 Å². The van der Waals surface area contributed by atoms with E-state index in [2.05, 4.69) is 164 Å². The fraction of sp³-hybridized carbons (Fsp3) is 0.115. The van der Waals surface area contributed by atoms with Crippen molar-refractivity contribution in [1.29, 1.82) is 0 Å². The molecule has 1 aromatic heterocycles. The number of rotatable bonds is 4. The fourth-order valence-electron chi connectivity index (χ4n) is 9.83. The van der Waals surface area contributed by atoms with Gasteiger partial charge >= 0.3 is 0 Å². The molecule has 0 saturated heterocycles. The minimum absolute atomic E-state index is 0.609. The van der Waals surface area contributed by atoms with E-state index >= 15 is 0 Å². The zero-order chi connectivity index (χ0) is 34.9. The Hall–Kier alpha value is -6.18. The van der Waals surface area contributed by atoms with E-state index in [0.717, 1.165) is 16.6 Å². The molecule has 0 spiro atoms. The first-order valence-electron chi connectivity index (χ1n) is 19.2. The van der Waals surface area contributed by atoms with Gasteiger partial charge in [0.15, 0.2) is 0 Å². The molecule has 11 rings (SSSR count). The van der Waals surface area contributed by atoms with Crippen LogP contribution >= 0.6 is 0 Å². The van der Waals surface area contributed by atoms with Crippen LogP contribution in [0.5, 0.6) is 0 Å². The van der Waals surface area contributed by atoms with Crippen molar-refractivity contribution in [2.75, 3.05) is 0 Å². The SMILES string of the molecule is c1ccc(-c2c3ccccc3c(-c3cccc4oc5cc(-c6c7ccccc7c(C7CCCCC7)c7ccccc67)ccc5c34)c3ccccc23)cc1. The van der Waals surface area contributed by atoms with E-state index in [1.54, 1.807) is 5.56 Å².